The molecule has 0 spiro atoms. The van der Waals surface area contributed by atoms with Crippen LogP contribution in [0.5, 0.6) is 0 Å². The second kappa shape index (κ2) is 10.1. The predicted octanol–water partition coefficient (Wildman–Crippen LogP) is 4.45. The van der Waals surface area contributed by atoms with Crippen molar-refractivity contribution in [2.45, 2.75) is 62.9 Å². The van der Waals surface area contributed by atoms with Crippen molar-refractivity contribution in [2.24, 2.45) is 11.8 Å². The lowest BCUT2D eigenvalue weighted by atomic mass is 9.85. The first-order valence-corrected chi connectivity index (χ1v) is 12.7. The van der Waals surface area contributed by atoms with Crippen molar-refractivity contribution in [1.82, 2.24) is 10.6 Å². The van der Waals surface area contributed by atoms with Crippen LogP contribution in [0.1, 0.15) is 62.0 Å². The highest BCUT2D eigenvalue weighted by atomic mass is 16.5. The molecule has 3 aliphatic carbocycles. The number of rotatable bonds is 6. The molecular formula is C28H32N2O5. The molecule has 7 heteroatoms. The van der Waals surface area contributed by atoms with E-state index in [9.17, 15) is 19.5 Å². The minimum Gasteiger partial charge on any atom is -0.481 e. The number of benzene rings is 2. The fourth-order valence-corrected chi connectivity index (χ4v) is 6.09. The topological polar surface area (TPSA) is 105 Å². The Morgan fingerprint density at radius 1 is 0.857 bits per heavy atom. The van der Waals surface area contributed by atoms with Crippen LogP contribution in [-0.2, 0) is 14.3 Å². The summed E-state index contributed by atoms with van der Waals surface area (Å²) in [7, 11) is 0. The lowest BCUT2D eigenvalue weighted by Crippen LogP contribution is -2.46. The minimum absolute atomic E-state index is 0.00613. The molecule has 2 amide bonds. The third kappa shape index (κ3) is 4.90. The number of hydrogen-bond donors (Lipinski definition) is 3. The average Bonchev–Trinajstić information content (AvgIpc) is 3.45. The van der Waals surface area contributed by atoms with Gasteiger partial charge in [0.2, 0.25) is 5.91 Å². The molecule has 2 saturated carbocycles. The van der Waals surface area contributed by atoms with Gasteiger partial charge in [-0.25, -0.2) is 4.79 Å². The van der Waals surface area contributed by atoms with Crippen molar-refractivity contribution in [1.29, 1.82) is 0 Å². The molecule has 0 heterocycles. The summed E-state index contributed by atoms with van der Waals surface area (Å²) < 4.78 is 5.67. The van der Waals surface area contributed by atoms with Crippen LogP contribution in [0.3, 0.4) is 0 Å². The van der Waals surface area contributed by atoms with Gasteiger partial charge in [-0.3, -0.25) is 9.59 Å². The molecule has 0 saturated heterocycles. The first-order chi connectivity index (χ1) is 17.0. The molecule has 0 aromatic heterocycles. The molecule has 2 aromatic rings. The van der Waals surface area contributed by atoms with Crippen molar-refractivity contribution >= 4 is 18.0 Å². The average molecular weight is 477 g/mol. The number of hydrogen-bond acceptors (Lipinski definition) is 4. The number of carbonyl (C=O) groups excluding carboxylic acids is 2. The van der Waals surface area contributed by atoms with Crippen LogP contribution < -0.4 is 10.6 Å². The Morgan fingerprint density at radius 3 is 2.20 bits per heavy atom. The van der Waals surface area contributed by atoms with E-state index in [1.165, 1.54) is 22.3 Å². The van der Waals surface area contributed by atoms with Crippen LogP contribution in [0.25, 0.3) is 11.1 Å². The fourth-order valence-electron chi connectivity index (χ4n) is 6.09. The Bertz CT molecular complexity index is 1070. The third-order valence-corrected chi connectivity index (χ3v) is 7.87. The van der Waals surface area contributed by atoms with E-state index in [1.807, 2.05) is 24.3 Å². The van der Waals surface area contributed by atoms with E-state index >= 15 is 0 Å². The van der Waals surface area contributed by atoms with Gasteiger partial charge in [-0.15, -0.1) is 0 Å². The zero-order chi connectivity index (χ0) is 24.4. The molecule has 3 aliphatic rings. The predicted molar refractivity (Wildman–Crippen MR) is 131 cm³/mol. The van der Waals surface area contributed by atoms with Crippen LogP contribution in [-0.4, -0.2) is 41.8 Å². The highest BCUT2D eigenvalue weighted by Gasteiger charge is 2.36. The molecule has 7 nitrogen and oxygen atoms in total. The first-order valence-electron chi connectivity index (χ1n) is 12.7. The molecule has 2 fully saturated rings. The molecule has 0 radical (unpaired) electrons. The van der Waals surface area contributed by atoms with Gasteiger partial charge in [0, 0.05) is 23.9 Å². The van der Waals surface area contributed by atoms with Crippen LogP contribution >= 0.6 is 0 Å². The van der Waals surface area contributed by atoms with Crippen LogP contribution in [0.4, 0.5) is 4.79 Å². The maximum absolute atomic E-state index is 12.8. The van der Waals surface area contributed by atoms with Gasteiger partial charge in [0.1, 0.15) is 6.61 Å². The molecule has 35 heavy (non-hydrogen) atoms. The SMILES string of the molecule is O=C(N[C@@H]1CCC[C@@H](C(=O)N[C@H]2CCC[C@H]2C(=O)O)C1)OCC1c2ccccc2-c2ccccc21. The van der Waals surface area contributed by atoms with E-state index in [0.717, 1.165) is 25.7 Å². The zero-order valence-corrected chi connectivity index (χ0v) is 19.7. The molecule has 0 unspecified atom stereocenters. The van der Waals surface area contributed by atoms with Gasteiger partial charge in [-0.2, -0.15) is 0 Å². The Balaban J connectivity index is 1.14. The summed E-state index contributed by atoms with van der Waals surface area (Å²) >= 11 is 0. The Hall–Kier alpha value is -3.35. The number of nitrogens with one attached hydrogen (secondary N) is 2. The smallest absolute Gasteiger partial charge is 0.407 e. The lowest BCUT2D eigenvalue weighted by Gasteiger charge is -2.30. The molecular weight excluding hydrogens is 444 g/mol. The normalized spacial score (nSPS) is 25.4. The van der Waals surface area contributed by atoms with Gasteiger partial charge in [-0.05, 0) is 54.4 Å². The molecule has 184 valence electrons. The highest BCUT2D eigenvalue weighted by Crippen LogP contribution is 2.44. The second-order valence-corrected chi connectivity index (χ2v) is 10.0. The van der Waals surface area contributed by atoms with Crippen LogP contribution in [0.2, 0.25) is 0 Å². The Morgan fingerprint density at radius 2 is 1.51 bits per heavy atom. The Kier molecular flexibility index (Phi) is 6.75. The van der Waals surface area contributed by atoms with Crippen LogP contribution in [0.15, 0.2) is 48.5 Å². The molecule has 0 bridgehead atoms. The standard InChI is InChI=1S/C28H32N2O5/c31-26(30-25-14-6-13-23(25)27(32)33)17-7-5-8-18(15-17)29-28(34)35-16-24-21-11-3-1-9-19(21)20-10-2-4-12-22(20)24/h1-4,9-12,17-18,23-25H,5-8,13-16H2,(H,29,34)(H,30,31)(H,32,33)/t17-,18-,23-,25+/m1/s1. The monoisotopic (exact) mass is 476 g/mol. The molecule has 4 atom stereocenters. The van der Waals surface area contributed by atoms with Crippen LogP contribution in [0, 0.1) is 11.8 Å². The molecule has 5 rings (SSSR count). The minimum atomic E-state index is -0.841. The molecule has 3 N–H and O–H groups in total. The number of ether oxygens (including phenoxy) is 1. The van der Waals surface area contributed by atoms with E-state index < -0.39 is 18.0 Å². The van der Waals surface area contributed by atoms with Crippen molar-refractivity contribution in [2.75, 3.05) is 6.61 Å². The maximum atomic E-state index is 12.8. The quantitative estimate of drug-likeness (QED) is 0.571. The van der Waals surface area contributed by atoms with E-state index in [-0.39, 0.29) is 36.4 Å². The number of carbonyl (C=O) groups is 3. The van der Waals surface area contributed by atoms with Gasteiger partial charge in [0.25, 0.3) is 0 Å². The van der Waals surface area contributed by atoms with Crippen molar-refractivity contribution in [3.63, 3.8) is 0 Å². The zero-order valence-electron chi connectivity index (χ0n) is 19.7. The summed E-state index contributed by atoms with van der Waals surface area (Å²) in [6, 6.07) is 16.0. The van der Waals surface area contributed by atoms with Gasteiger partial charge in [0.15, 0.2) is 0 Å². The van der Waals surface area contributed by atoms with E-state index in [1.54, 1.807) is 0 Å². The number of aliphatic carboxylic acids is 1. The number of alkyl carbamates (subject to hydrolysis) is 1. The summed E-state index contributed by atoms with van der Waals surface area (Å²) in [5, 5.41) is 15.3. The van der Waals surface area contributed by atoms with E-state index in [2.05, 4.69) is 34.9 Å². The molecule has 0 aliphatic heterocycles. The van der Waals surface area contributed by atoms with Gasteiger partial charge in [0.05, 0.1) is 5.92 Å². The summed E-state index contributed by atoms with van der Waals surface area (Å²) in [4.78, 5) is 36.9. The third-order valence-electron chi connectivity index (χ3n) is 7.87. The molecule has 2 aromatic carbocycles. The van der Waals surface area contributed by atoms with Gasteiger partial charge < -0.3 is 20.5 Å². The number of fused-ring (bicyclic) bond motifs is 3. The number of carboxylic acid groups (broad SMARTS) is 1. The largest absolute Gasteiger partial charge is 0.481 e. The summed E-state index contributed by atoms with van der Waals surface area (Å²) in [5.41, 5.74) is 4.71. The maximum Gasteiger partial charge on any atom is 0.407 e. The van der Waals surface area contributed by atoms with Crippen molar-refractivity contribution in [3.8, 4) is 11.1 Å². The van der Waals surface area contributed by atoms with Crippen molar-refractivity contribution in [3.05, 3.63) is 59.7 Å². The van der Waals surface area contributed by atoms with Gasteiger partial charge >= 0.3 is 12.1 Å². The number of amides is 2. The first kappa shape index (κ1) is 23.4. The lowest BCUT2D eigenvalue weighted by molar-refractivity contribution is -0.142. The fraction of sp³-hybridized carbons (Fsp3) is 0.464. The second-order valence-electron chi connectivity index (χ2n) is 10.0. The summed E-state index contributed by atoms with van der Waals surface area (Å²) in [6.07, 6.45) is 4.60. The summed E-state index contributed by atoms with van der Waals surface area (Å²) in [5.74, 6) is -1.66. The van der Waals surface area contributed by atoms with E-state index in [4.69, 9.17) is 4.74 Å². The van der Waals surface area contributed by atoms with Crippen molar-refractivity contribution < 1.29 is 24.2 Å². The highest BCUT2D eigenvalue weighted by molar-refractivity contribution is 5.81. The van der Waals surface area contributed by atoms with Gasteiger partial charge in [-0.1, -0.05) is 61.4 Å². The summed E-state index contributed by atoms with van der Waals surface area (Å²) in [6.45, 7) is 0.259. The Labute approximate surface area is 205 Å². The van der Waals surface area contributed by atoms with E-state index in [0.29, 0.717) is 19.3 Å². The number of carboxylic acids is 1.